The van der Waals surface area contributed by atoms with Crippen molar-refractivity contribution in [1.29, 1.82) is 0 Å². The summed E-state index contributed by atoms with van der Waals surface area (Å²) in [5.41, 5.74) is 1.44. The van der Waals surface area contributed by atoms with Gasteiger partial charge in [0.15, 0.2) is 0 Å². The van der Waals surface area contributed by atoms with Gasteiger partial charge in [0.05, 0.1) is 0 Å². The molecular weight excluding hydrogens is 222 g/mol. The largest absolute Gasteiger partial charge is 0.314 e. The van der Waals surface area contributed by atoms with Crippen molar-refractivity contribution in [3.63, 3.8) is 0 Å². The average Bonchev–Trinajstić information content (AvgIpc) is 2.78. The summed E-state index contributed by atoms with van der Waals surface area (Å²) in [7, 11) is 0. The zero-order valence-corrected chi connectivity index (χ0v) is 12.1. The predicted octanol–water partition coefficient (Wildman–Crippen LogP) is 1.57. The highest BCUT2D eigenvalue weighted by molar-refractivity contribution is 5.01. The number of likely N-dealkylation sites (tertiary alicyclic amines) is 1. The molecule has 2 heterocycles. The summed E-state index contributed by atoms with van der Waals surface area (Å²) in [5, 5.41) is 3.40. The molecule has 0 radical (unpaired) electrons. The maximum absolute atomic E-state index is 4.30. The van der Waals surface area contributed by atoms with Crippen molar-refractivity contribution < 1.29 is 0 Å². The van der Waals surface area contributed by atoms with Gasteiger partial charge in [0, 0.05) is 45.3 Å². The van der Waals surface area contributed by atoms with E-state index in [9.17, 15) is 0 Å². The minimum atomic E-state index is 0.705. The van der Waals surface area contributed by atoms with E-state index in [4.69, 9.17) is 0 Å². The van der Waals surface area contributed by atoms with Crippen LogP contribution in [0.1, 0.15) is 26.7 Å². The van der Waals surface area contributed by atoms with Crippen LogP contribution in [-0.2, 0) is 0 Å². The van der Waals surface area contributed by atoms with Crippen LogP contribution in [0.3, 0.4) is 0 Å². The Morgan fingerprint density at radius 2 is 2.00 bits per heavy atom. The Kier molecular flexibility index (Phi) is 5.22. The number of nitrogens with zero attached hydrogens (tertiary/aromatic N) is 2. The third-order valence-corrected chi connectivity index (χ3v) is 4.28. The van der Waals surface area contributed by atoms with Crippen LogP contribution in [0, 0.1) is 5.92 Å². The standard InChI is InChI=1S/C15H29N3/c1-13(2)18-7-4-15(12-18)10-14(3)11-17-8-5-16-6-9-17/h13,15-16H,3-12H2,1-2H3. The van der Waals surface area contributed by atoms with Crippen molar-refractivity contribution in [2.45, 2.75) is 32.7 Å². The second-order valence-corrected chi connectivity index (χ2v) is 6.22. The zero-order valence-electron chi connectivity index (χ0n) is 12.1. The summed E-state index contributed by atoms with van der Waals surface area (Å²) in [5.74, 6) is 0.850. The molecule has 2 rings (SSSR count). The van der Waals surface area contributed by atoms with Crippen LogP contribution in [0.4, 0.5) is 0 Å². The van der Waals surface area contributed by atoms with E-state index < -0.39 is 0 Å². The minimum Gasteiger partial charge on any atom is -0.314 e. The fraction of sp³-hybridized carbons (Fsp3) is 0.867. The normalized spacial score (nSPS) is 26.9. The molecule has 0 aromatic carbocycles. The maximum atomic E-state index is 4.30. The number of hydrogen-bond acceptors (Lipinski definition) is 3. The number of rotatable bonds is 5. The summed E-state index contributed by atoms with van der Waals surface area (Å²) in [6.45, 7) is 17.2. The smallest absolute Gasteiger partial charge is 0.0191 e. The highest BCUT2D eigenvalue weighted by Gasteiger charge is 2.24. The molecule has 0 aromatic heterocycles. The topological polar surface area (TPSA) is 18.5 Å². The molecule has 3 heteroatoms. The van der Waals surface area contributed by atoms with Gasteiger partial charge in [0.2, 0.25) is 0 Å². The monoisotopic (exact) mass is 251 g/mol. The van der Waals surface area contributed by atoms with Crippen molar-refractivity contribution in [1.82, 2.24) is 15.1 Å². The molecule has 18 heavy (non-hydrogen) atoms. The van der Waals surface area contributed by atoms with Gasteiger partial charge in [-0.2, -0.15) is 0 Å². The summed E-state index contributed by atoms with van der Waals surface area (Å²) < 4.78 is 0. The number of piperazine rings is 1. The quantitative estimate of drug-likeness (QED) is 0.748. The van der Waals surface area contributed by atoms with Crippen molar-refractivity contribution >= 4 is 0 Å². The van der Waals surface area contributed by atoms with E-state index in [-0.39, 0.29) is 0 Å². The van der Waals surface area contributed by atoms with Gasteiger partial charge in [0.25, 0.3) is 0 Å². The molecular formula is C15H29N3. The van der Waals surface area contributed by atoms with E-state index in [0.717, 1.165) is 25.6 Å². The molecule has 1 unspecified atom stereocenters. The van der Waals surface area contributed by atoms with Crippen LogP contribution in [0.25, 0.3) is 0 Å². The number of hydrogen-bond donors (Lipinski definition) is 1. The third-order valence-electron chi connectivity index (χ3n) is 4.28. The highest BCUT2D eigenvalue weighted by atomic mass is 15.2. The fourth-order valence-electron chi connectivity index (χ4n) is 3.16. The van der Waals surface area contributed by atoms with E-state index >= 15 is 0 Å². The van der Waals surface area contributed by atoms with Gasteiger partial charge < -0.3 is 10.2 Å². The lowest BCUT2D eigenvalue weighted by atomic mass is 9.99. The third kappa shape index (κ3) is 4.08. The summed E-state index contributed by atoms with van der Waals surface area (Å²) in [6, 6.07) is 0.705. The molecule has 104 valence electrons. The van der Waals surface area contributed by atoms with E-state index in [0.29, 0.717) is 6.04 Å². The van der Waals surface area contributed by atoms with Gasteiger partial charge in [-0.1, -0.05) is 12.2 Å². The molecule has 1 atom stereocenters. The Balaban J connectivity index is 1.68. The molecule has 0 aromatic rings. The lowest BCUT2D eigenvalue weighted by Crippen LogP contribution is -2.44. The summed E-state index contributed by atoms with van der Waals surface area (Å²) >= 11 is 0. The van der Waals surface area contributed by atoms with Crippen LogP contribution < -0.4 is 5.32 Å². The van der Waals surface area contributed by atoms with Gasteiger partial charge in [-0.05, 0) is 39.2 Å². The predicted molar refractivity (Wildman–Crippen MR) is 77.9 cm³/mol. The second-order valence-electron chi connectivity index (χ2n) is 6.22. The van der Waals surface area contributed by atoms with Crippen molar-refractivity contribution in [3.8, 4) is 0 Å². The molecule has 3 nitrogen and oxygen atoms in total. The molecule has 0 aliphatic carbocycles. The average molecular weight is 251 g/mol. The molecule has 2 aliphatic heterocycles. The maximum Gasteiger partial charge on any atom is 0.0191 e. The zero-order chi connectivity index (χ0) is 13.0. The first-order valence-electron chi connectivity index (χ1n) is 7.49. The Labute approximate surface area is 112 Å². The van der Waals surface area contributed by atoms with Gasteiger partial charge in [0.1, 0.15) is 0 Å². The molecule has 0 bridgehead atoms. The lowest BCUT2D eigenvalue weighted by Gasteiger charge is -2.28. The van der Waals surface area contributed by atoms with Crippen molar-refractivity contribution in [2.24, 2.45) is 5.92 Å². The van der Waals surface area contributed by atoms with Crippen LogP contribution >= 0.6 is 0 Å². The minimum absolute atomic E-state index is 0.705. The van der Waals surface area contributed by atoms with Crippen LogP contribution in [0.15, 0.2) is 12.2 Å². The molecule has 2 fully saturated rings. The van der Waals surface area contributed by atoms with Crippen LogP contribution in [-0.4, -0.2) is 61.7 Å². The van der Waals surface area contributed by atoms with Crippen molar-refractivity contribution in [2.75, 3.05) is 45.8 Å². The first-order chi connectivity index (χ1) is 8.65. The van der Waals surface area contributed by atoms with Crippen LogP contribution in [0.5, 0.6) is 0 Å². The van der Waals surface area contributed by atoms with Gasteiger partial charge in [-0.3, -0.25) is 4.90 Å². The highest BCUT2D eigenvalue weighted by Crippen LogP contribution is 2.24. The van der Waals surface area contributed by atoms with E-state index in [1.54, 1.807) is 0 Å². The Morgan fingerprint density at radius 1 is 1.28 bits per heavy atom. The summed E-state index contributed by atoms with van der Waals surface area (Å²) in [4.78, 5) is 5.14. The van der Waals surface area contributed by atoms with Gasteiger partial charge in [-0.15, -0.1) is 0 Å². The Bertz CT molecular complexity index is 269. The van der Waals surface area contributed by atoms with E-state index in [1.807, 2.05) is 0 Å². The van der Waals surface area contributed by atoms with E-state index in [1.165, 1.54) is 44.6 Å². The molecule has 1 N–H and O–H groups in total. The lowest BCUT2D eigenvalue weighted by molar-refractivity contribution is 0.250. The van der Waals surface area contributed by atoms with Gasteiger partial charge >= 0.3 is 0 Å². The molecule has 0 amide bonds. The molecule has 0 spiro atoms. The molecule has 2 aliphatic rings. The Hall–Kier alpha value is -0.380. The first kappa shape index (κ1) is 14.0. The summed E-state index contributed by atoms with van der Waals surface area (Å²) in [6.07, 6.45) is 2.59. The SMILES string of the molecule is C=C(CC1CCN(C(C)C)C1)CN1CCNCC1. The molecule has 0 saturated carbocycles. The Morgan fingerprint density at radius 3 is 2.61 bits per heavy atom. The fourth-order valence-corrected chi connectivity index (χ4v) is 3.16. The van der Waals surface area contributed by atoms with Crippen LogP contribution in [0.2, 0.25) is 0 Å². The second kappa shape index (κ2) is 6.69. The van der Waals surface area contributed by atoms with Crippen molar-refractivity contribution in [3.05, 3.63) is 12.2 Å². The number of nitrogens with one attached hydrogen (secondary N) is 1. The van der Waals surface area contributed by atoms with Gasteiger partial charge in [-0.25, -0.2) is 0 Å². The van der Waals surface area contributed by atoms with E-state index in [2.05, 4.69) is 35.5 Å². The first-order valence-corrected chi connectivity index (χ1v) is 7.49. The molecule has 2 saturated heterocycles.